The molecule has 1 aliphatic rings. The van der Waals surface area contributed by atoms with Crippen LogP contribution in [0.1, 0.15) is 22.6 Å². The monoisotopic (exact) mass is 244 g/mol. The number of aromatic nitrogens is 1. The van der Waals surface area contributed by atoms with Gasteiger partial charge in [0.15, 0.2) is 0 Å². The topological polar surface area (TPSA) is 38.9 Å². The molecule has 0 saturated carbocycles. The number of hydrogen-bond acceptors (Lipinski definition) is 3. The summed E-state index contributed by atoms with van der Waals surface area (Å²) in [5, 5.41) is 3.24. The van der Waals surface area contributed by atoms with Crippen molar-refractivity contribution in [3.8, 4) is 0 Å². The van der Waals surface area contributed by atoms with Crippen LogP contribution in [0.5, 0.6) is 0 Å². The lowest BCUT2D eigenvalue weighted by atomic mass is 9.79. The summed E-state index contributed by atoms with van der Waals surface area (Å²) in [5.74, 6) is 0. The first kappa shape index (κ1) is 10.9. The molecule has 1 unspecified atom stereocenters. The number of hydrogen-bond donors (Lipinski definition) is 1. The molecule has 3 rings (SSSR count). The van der Waals surface area contributed by atoms with Gasteiger partial charge < -0.3 is 5.73 Å². The minimum atomic E-state index is 0.119. The van der Waals surface area contributed by atoms with Crippen LogP contribution in [-0.2, 0) is 18.3 Å². The fraction of sp³-hybridized carbons (Fsp3) is 0.357. The van der Waals surface area contributed by atoms with Crippen LogP contribution in [-0.4, -0.2) is 11.5 Å². The molecule has 0 amide bonds. The van der Waals surface area contributed by atoms with Crippen LogP contribution < -0.4 is 5.73 Å². The van der Waals surface area contributed by atoms with Crippen LogP contribution in [0.15, 0.2) is 35.8 Å². The lowest BCUT2D eigenvalue weighted by Crippen LogP contribution is -2.35. The number of thiazole rings is 1. The molecule has 0 fully saturated rings. The summed E-state index contributed by atoms with van der Waals surface area (Å²) >= 11 is 1.73. The highest BCUT2D eigenvalue weighted by molar-refractivity contribution is 7.09. The van der Waals surface area contributed by atoms with Gasteiger partial charge in [-0.25, -0.2) is 4.98 Å². The molecule has 1 aromatic carbocycles. The van der Waals surface area contributed by atoms with E-state index in [2.05, 4.69) is 29.2 Å². The first-order valence-corrected chi connectivity index (χ1v) is 6.89. The molecule has 1 aliphatic carbocycles. The number of aryl methyl sites for hydroxylation is 1. The van der Waals surface area contributed by atoms with E-state index in [4.69, 9.17) is 5.73 Å². The van der Waals surface area contributed by atoms with Gasteiger partial charge in [0, 0.05) is 30.0 Å². The number of fused-ring (bicyclic) bond motifs is 1. The van der Waals surface area contributed by atoms with E-state index in [1.807, 2.05) is 11.6 Å². The molecule has 0 saturated heterocycles. The SMILES string of the molecule is NCC1(Cc2nccs2)CCc2ccccc21. The Morgan fingerprint density at radius 1 is 1.35 bits per heavy atom. The summed E-state index contributed by atoms with van der Waals surface area (Å²) < 4.78 is 0. The number of rotatable bonds is 3. The summed E-state index contributed by atoms with van der Waals surface area (Å²) in [6, 6.07) is 8.71. The van der Waals surface area contributed by atoms with E-state index in [9.17, 15) is 0 Å². The predicted octanol–water partition coefficient (Wildman–Crippen LogP) is 2.53. The Morgan fingerprint density at radius 2 is 2.24 bits per heavy atom. The largest absolute Gasteiger partial charge is 0.330 e. The average Bonchev–Trinajstić information content (AvgIpc) is 2.99. The van der Waals surface area contributed by atoms with Gasteiger partial charge in [0.05, 0.1) is 5.01 Å². The van der Waals surface area contributed by atoms with Gasteiger partial charge in [-0.3, -0.25) is 0 Å². The van der Waals surface area contributed by atoms with Crippen LogP contribution in [0.2, 0.25) is 0 Å². The van der Waals surface area contributed by atoms with E-state index in [1.54, 1.807) is 11.3 Å². The van der Waals surface area contributed by atoms with Gasteiger partial charge in [-0.1, -0.05) is 24.3 Å². The summed E-state index contributed by atoms with van der Waals surface area (Å²) in [5.41, 5.74) is 9.11. The maximum Gasteiger partial charge on any atom is 0.0934 e. The van der Waals surface area contributed by atoms with Gasteiger partial charge in [0.2, 0.25) is 0 Å². The Kier molecular flexibility index (Phi) is 2.73. The third kappa shape index (κ3) is 1.79. The highest BCUT2D eigenvalue weighted by atomic mass is 32.1. The van der Waals surface area contributed by atoms with E-state index < -0.39 is 0 Å². The number of benzene rings is 1. The summed E-state index contributed by atoms with van der Waals surface area (Å²) in [7, 11) is 0. The lowest BCUT2D eigenvalue weighted by molar-refractivity contribution is 0.431. The van der Waals surface area contributed by atoms with Crippen LogP contribution in [0.4, 0.5) is 0 Å². The van der Waals surface area contributed by atoms with Gasteiger partial charge in [0.25, 0.3) is 0 Å². The van der Waals surface area contributed by atoms with E-state index in [-0.39, 0.29) is 5.41 Å². The van der Waals surface area contributed by atoms with Gasteiger partial charge in [0.1, 0.15) is 0 Å². The minimum absolute atomic E-state index is 0.119. The highest BCUT2D eigenvalue weighted by Crippen LogP contribution is 2.40. The first-order valence-electron chi connectivity index (χ1n) is 6.01. The number of nitrogens with zero attached hydrogens (tertiary/aromatic N) is 1. The molecule has 2 N–H and O–H groups in total. The molecule has 88 valence electrons. The highest BCUT2D eigenvalue weighted by Gasteiger charge is 2.37. The molecule has 2 nitrogen and oxygen atoms in total. The van der Waals surface area contributed by atoms with E-state index in [0.717, 1.165) is 19.3 Å². The molecule has 0 radical (unpaired) electrons. The smallest absolute Gasteiger partial charge is 0.0934 e. The molecule has 17 heavy (non-hydrogen) atoms. The van der Waals surface area contributed by atoms with Crippen molar-refractivity contribution in [3.05, 3.63) is 52.0 Å². The zero-order valence-corrected chi connectivity index (χ0v) is 10.5. The molecular weight excluding hydrogens is 228 g/mol. The molecule has 1 atom stereocenters. The minimum Gasteiger partial charge on any atom is -0.330 e. The van der Waals surface area contributed by atoms with Gasteiger partial charge in [-0.05, 0) is 24.0 Å². The molecule has 0 aliphatic heterocycles. The Labute approximate surface area is 106 Å². The van der Waals surface area contributed by atoms with Crippen molar-refractivity contribution in [2.75, 3.05) is 6.54 Å². The molecule has 1 aromatic heterocycles. The summed E-state index contributed by atoms with van der Waals surface area (Å²) in [6.45, 7) is 0.712. The standard InChI is InChI=1S/C14H16N2S/c15-10-14(9-13-16-7-8-17-13)6-5-11-3-1-2-4-12(11)14/h1-4,7-8H,5-6,9-10,15H2. The second-order valence-electron chi connectivity index (χ2n) is 4.74. The molecule has 1 heterocycles. The van der Waals surface area contributed by atoms with Crippen molar-refractivity contribution in [1.29, 1.82) is 0 Å². The van der Waals surface area contributed by atoms with Crippen molar-refractivity contribution in [2.24, 2.45) is 5.73 Å². The number of nitrogens with two attached hydrogens (primary N) is 1. The van der Waals surface area contributed by atoms with Crippen molar-refractivity contribution in [3.63, 3.8) is 0 Å². The Bertz CT molecular complexity index is 507. The summed E-state index contributed by atoms with van der Waals surface area (Å²) in [6.07, 6.45) is 5.17. The Hall–Kier alpha value is -1.19. The molecule has 2 aromatic rings. The van der Waals surface area contributed by atoms with Crippen molar-refractivity contribution >= 4 is 11.3 Å². The van der Waals surface area contributed by atoms with E-state index >= 15 is 0 Å². The average molecular weight is 244 g/mol. The van der Waals surface area contributed by atoms with Gasteiger partial charge >= 0.3 is 0 Å². The maximum atomic E-state index is 6.08. The zero-order chi connectivity index (χ0) is 11.7. The molecular formula is C14H16N2S. The third-order valence-corrected chi connectivity index (χ3v) is 4.61. The second kappa shape index (κ2) is 4.24. The van der Waals surface area contributed by atoms with Crippen LogP contribution in [0.25, 0.3) is 0 Å². The zero-order valence-electron chi connectivity index (χ0n) is 9.73. The second-order valence-corrected chi connectivity index (χ2v) is 5.72. The lowest BCUT2D eigenvalue weighted by Gasteiger charge is -2.28. The van der Waals surface area contributed by atoms with Crippen molar-refractivity contribution in [1.82, 2.24) is 4.98 Å². The van der Waals surface area contributed by atoms with Crippen molar-refractivity contribution in [2.45, 2.75) is 24.7 Å². The summed E-state index contributed by atoms with van der Waals surface area (Å²) in [4.78, 5) is 4.41. The van der Waals surface area contributed by atoms with Crippen molar-refractivity contribution < 1.29 is 0 Å². The Balaban J connectivity index is 1.99. The van der Waals surface area contributed by atoms with Crippen LogP contribution >= 0.6 is 11.3 Å². The van der Waals surface area contributed by atoms with Crippen LogP contribution in [0.3, 0.4) is 0 Å². The van der Waals surface area contributed by atoms with Gasteiger partial charge in [-0.15, -0.1) is 11.3 Å². The van der Waals surface area contributed by atoms with Crippen LogP contribution in [0, 0.1) is 0 Å². The quantitative estimate of drug-likeness (QED) is 0.901. The van der Waals surface area contributed by atoms with E-state index in [0.29, 0.717) is 6.54 Å². The predicted molar refractivity (Wildman–Crippen MR) is 71.3 cm³/mol. The third-order valence-electron chi connectivity index (χ3n) is 3.83. The normalized spacial score (nSPS) is 22.6. The maximum absolute atomic E-state index is 6.08. The first-order chi connectivity index (χ1) is 8.34. The fourth-order valence-electron chi connectivity index (χ4n) is 2.86. The van der Waals surface area contributed by atoms with Gasteiger partial charge in [-0.2, -0.15) is 0 Å². The molecule has 0 bridgehead atoms. The molecule has 0 spiro atoms. The Morgan fingerprint density at radius 3 is 3.00 bits per heavy atom. The molecule has 3 heteroatoms. The fourth-order valence-corrected chi connectivity index (χ4v) is 3.62. The van der Waals surface area contributed by atoms with E-state index in [1.165, 1.54) is 16.1 Å².